The van der Waals surface area contributed by atoms with E-state index in [4.69, 9.17) is 14.2 Å². The van der Waals surface area contributed by atoms with Gasteiger partial charge in [0.2, 0.25) is 0 Å². The number of anilines is 1. The molecule has 2 aromatic carbocycles. The van der Waals surface area contributed by atoms with Crippen LogP contribution in [0, 0.1) is 0 Å². The molecule has 0 heterocycles. The normalized spacial score (nSPS) is 11.9. The smallest absolute Gasteiger partial charge is 0.195 e. The summed E-state index contributed by atoms with van der Waals surface area (Å²) in [5.41, 5.74) is 1.97. The van der Waals surface area contributed by atoms with Gasteiger partial charge in [0.05, 0.1) is 19.8 Å². The van der Waals surface area contributed by atoms with Crippen molar-refractivity contribution >= 4 is 35.6 Å². The van der Waals surface area contributed by atoms with Crippen molar-refractivity contribution in [1.82, 2.24) is 5.32 Å². The average molecular weight is 485 g/mol. The first kappa shape index (κ1) is 23.0. The topological polar surface area (TPSA) is 64.1 Å². The lowest BCUT2D eigenvalue weighted by atomic mass is 10.1. The Bertz CT molecular complexity index is 711. The summed E-state index contributed by atoms with van der Waals surface area (Å²) in [6, 6.07) is 15.8. The molecule has 0 saturated carbocycles. The van der Waals surface area contributed by atoms with Crippen LogP contribution in [-0.2, 0) is 4.74 Å². The zero-order chi connectivity index (χ0) is 18.8. The molecule has 0 saturated heterocycles. The molecule has 0 bridgehead atoms. The third kappa shape index (κ3) is 6.91. The van der Waals surface area contributed by atoms with E-state index in [0.717, 1.165) is 11.3 Å². The summed E-state index contributed by atoms with van der Waals surface area (Å²) in [7, 11) is 5.05. The second-order valence-electron chi connectivity index (χ2n) is 5.51. The van der Waals surface area contributed by atoms with Crippen LogP contribution in [0.4, 0.5) is 5.69 Å². The molecule has 1 atom stereocenters. The minimum absolute atomic E-state index is 0. The Hall–Kier alpha value is -2.00. The van der Waals surface area contributed by atoms with Crippen molar-refractivity contribution in [1.29, 1.82) is 0 Å². The molecule has 0 aliphatic heterocycles. The molecule has 2 rings (SSSR count). The molecule has 148 valence electrons. The SMILES string of the molecule is CCOc1ccc(NC(=NC)NCC(OC)c2ccccc2)cc1OC.I. The summed E-state index contributed by atoms with van der Waals surface area (Å²) in [4.78, 5) is 4.26. The molecule has 1 unspecified atom stereocenters. The summed E-state index contributed by atoms with van der Waals surface area (Å²) in [5.74, 6) is 2.03. The molecule has 0 aliphatic carbocycles. The van der Waals surface area contributed by atoms with Gasteiger partial charge in [0, 0.05) is 32.5 Å². The predicted molar refractivity (Wildman–Crippen MR) is 121 cm³/mol. The van der Waals surface area contributed by atoms with Gasteiger partial charge in [0.25, 0.3) is 0 Å². The highest BCUT2D eigenvalue weighted by atomic mass is 127. The quantitative estimate of drug-likeness (QED) is 0.335. The number of halogens is 1. The fourth-order valence-corrected chi connectivity index (χ4v) is 2.53. The second-order valence-corrected chi connectivity index (χ2v) is 5.51. The minimum atomic E-state index is -0.0652. The highest BCUT2D eigenvalue weighted by molar-refractivity contribution is 14.0. The minimum Gasteiger partial charge on any atom is -0.493 e. The largest absolute Gasteiger partial charge is 0.493 e. The average Bonchev–Trinajstić information content (AvgIpc) is 2.69. The molecular formula is C20H28IN3O3. The lowest BCUT2D eigenvalue weighted by Gasteiger charge is -2.19. The van der Waals surface area contributed by atoms with Gasteiger partial charge in [-0.3, -0.25) is 4.99 Å². The molecular weight excluding hydrogens is 457 g/mol. The van der Waals surface area contributed by atoms with Crippen LogP contribution in [0.15, 0.2) is 53.5 Å². The third-order valence-electron chi connectivity index (χ3n) is 3.86. The van der Waals surface area contributed by atoms with Crippen LogP contribution >= 0.6 is 24.0 Å². The third-order valence-corrected chi connectivity index (χ3v) is 3.86. The predicted octanol–water partition coefficient (Wildman–Crippen LogP) is 4.09. The van der Waals surface area contributed by atoms with Crippen LogP contribution in [0.5, 0.6) is 11.5 Å². The number of ether oxygens (including phenoxy) is 3. The van der Waals surface area contributed by atoms with Crippen LogP contribution in [0.1, 0.15) is 18.6 Å². The first-order valence-electron chi connectivity index (χ1n) is 8.58. The maximum absolute atomic E-state index is 5.58. The lowest BCUT2D eigenvalue weighted by molar-refractivity contribution is 0.106. The van der Waals surface area contributed by atoms with E-state index in [1.54, 1.807) is 21.3 Å². The van der Waals surface area contributed by atoms with Crippen LogP contribution in [0.25, 0.3) is 0 Å². The highest BCUT2D eigenvalue weighted by Gasteiger charge is 2.11. The van der Waals surface area contributed by atoms with E-state index in [1.807, 2.05) is 55.5 Å². The summed E-state index contributed by atoms with van der Waals surface area (Å²) in [6.07, 6.45) is -0.0652. The van der Waals surface area contributed by atoms with Gasteiger partial charge >= 0.3 is 0 Å². The van der Waals surface area contributed by atoms with Gasteiger partial charge in [-0.2, -0.15) is 0 Å². The van der Waals surface area contributed by atoms with Gasteiger partial charge in [0.15, 0.2) is 17.5 Å². The second kappa shape index (κ2) is 12.4. The lowest BCUT2D eigenvalue weighted by Crippen LogP contribution is -2.34. The van der Waals surface area contributed by atoms with Gasteiger partial charge < -0.3 is 24.8 Å². The molecule has 6 nitrogen and oxygen atoms in total. The van der Waals surface area contributed by atoms with Gasteiger partial charge in [-0.05, 0) is 24.6 Å². The number of rotatable bonds is 8. The van der Waals surface area contributed by atoms with Crippen molar-refractivity contribution in [3.63, 3.8) is 0 Å². The molecule has 2 aromatic rings. The number of nitrogens with zero attached hydrogens (tertiary/aromatic N) is 1. The molecule has 0 spiro atoms. The standard InChI is InChI=1S/C20H27N3O3.HI/c1-5-26-17-12-11-16(13-18(17)24-3)23-20(21-2)22-14-19(25-4)15-9-7-6-8-10-15;/h6-13,19H,5,14H2,1-4H3,(H2,21,22,23);1H. The summed E-state index contributed by atoms with van der Waals surface area (Å²) >= 11 is 0. The number of benzene rings is 2. The molecule has 0 aromatic heterocycles. The maximum Gasteiger partial charge on any atom is 0.195 e. The van der Waals surface area contributed by atoms with E-state index in [2.05, 4.69) is 15.6 Å². The summed E-state index contributed by atoms with van der Waals surface area (Å²) in [6.45, 7) is 3.12. The zero-order valence-corrected chi connectivity index (χ0v) is 18.5. The molecule has 0 radical (unpaired) electrons. The van der Waals surface area contributed by atoms with E-state index >= 15 is 0 Å². The number of nitrogens with one attached hydrogen (secondary N) is 2. The van der Waals surface area contributed by atoms with Crippen LogP contribution < -0.4 is 20.1 Å². The first-order valence-corrected chi connectivity index (χ1v) is 8.58. The van der Waals surface area contributed by atoms with Crippen molar-refractivity contribution in [3.05, 3.63) is 54.1 Å². The van der Waals surface area contributed by atoms with Crippen LogP contribution in [0.3, 0.4) is 0 Å². The number of guanidine groups is 1. The monoisotopic (exact) mass is 485 g/mol. The van der Waals surface area contributed by atoms with Crippen molar-refractivity contribution in [2.75, 3.05) is 39.7 Å². The number of aliphatic imine (C=N–C) groups is 1. The summed E-state index contributed by atoms with van der Waals surface area (Å²) in [5, 5.41) is 6.54. The van der Waals surface area contributed by atoms with Gasteiger partial charge in [-0.1, -0.05) is 30.3 Å². The van der Waals surface area contributed by atoms with Crippen molar-refractivity contribution in [2.24, 2.45) is 4.99 Å². The Morgan fingerprint density at radius 1 is 1.07 bits per heavy atom. The maximum atomic E-state index is 5.58. The molecule has 0 amide bonds. The molecule has 0 fully saturated rings. The Labute approximate surface area is 178 Å². The molecule has 0 aliphatic rings. The number of hydrogen-bond acceptors (Lipinski definition) is 4. The number of methoxy groups -OCH3 is 2. The Balaban J connectivity index is 0.00000364. The Morgan fingerprint density at radius 3 is 2.41 bits per heavy atom. The fraction of sp³-hybridized carbons (Fsp3) is 0.350. The van der Waals surface area contributed by atoms with Crippen molar-refractivity contribution in [2.45, 2.75) is 13.0 Å². The highest BCUT2D eigenvalue weighted by Crippen LogP contribution is 2.30. The van der Waals surface area contributed by atoms with E-state index in [1.165, 1.54) is 0 Å². The van der Waals surface area contributed by atoms with E-state index < -0.39 is 0 Å². The Morgan fingerprint density at radius 2 is 1.81 bits per heavy atom. The molecule has 2 N–H and O–H groups in total. The van der Waals surface area contributed by atoms with Crippen LogP contribution in [-0.4, -0.2) is 40.4 Å². The molecule has 7 heteroatoms. The number of hydrogen-bond donors (Lipinski definition) is 2. The molecule has 27 heavy (non-hydrogen) atoms. The van der Waals surface area contributed by atoms with Crippen LogP contribution in [0.2, 0.25) is 0 Å². The van der Waals surface area contributed by atoms with E-state index in [-0.39, 0.29) is 30.1 Å². The van der Waals surface area contributed by atoms with Crippen molar-refractivity contribution in [3.8, 4) is 11.5 Å². The van der Waals surface area contributed by atoms with Gasteiger partial charge in [-0.25, -0.2) is 0 Å². The zero-order valence-electron chi connectivity index (χ0n) is 16.2. The van der Waals surface area contributed by atoms with Gasteiger partial charge in [0.1, 0.15) is 0 Å². The summed E-state index contributed by atoms with van der Waals surface area (Å²) < 4.78 is 16.5. The Kier molecular flexibility index (Phi) is 10.6. The van der Waals surface area contributed by atoms with E-state index in [9.17, 15) is 0 Å². The first-order chi connectivity index (χ1) is 12.7. The fourth-order valence-electron chi connectivity index (χ4n) is 2.53. The van der Waals surface area contributed by atoms with Crippen molar-refractivity contribution < 1.29 is 14.2 Å². The van der Waals surface area contributed by atoms with E-state index in [0.29, 0.717) is 30.6 Å². The van der Waals surface area contributed by atoms with Gasteiger partial charge in [-0.15, -0.1) is 24.0 Å².